The van der Waals surface area contributed by atoms with Gasteiger partial charge in [-0.2, -0.15) is 5.26 Å². The van der Waals surface area contributed by atoms with Crippen molar-refractivity contribution in [1.29, 1.82) is 5.26 Å². The van der Waals surface area contributed by atoms with E-state index in [4.69, 9.17) is 21.6 Å². The highest BCUT2D eigenvalue weighted by Crippen LogP contribution is 2.19. The summed E-state index contributed by atoms with van der Waals surface area (Å²) in [6.07, 6.45) is 8.00. The summed E-state index contributed by atoms with van der Waals surface area (Å²) in [6.45, 7) is 1.35. The van der Waals surface area contributed by atoms with Crippen LogP contribution >= 0.6 is 11.6 Å². The van der Waals surface area contributed by atoms with Crippen LogP contribution in [0.2, 0.25) is 5.02 Å². The van der Waals surface area contributed by atoms with E-state index >= 15 is 0 Å². The first-order valence-corrected chi connectivity index (χ1v) is 7.59. The number of nitriles is 1. The van der Waals surface area contributed by atoms with Gasteiger partial charge in [0.15, 0.2) is 5.69 Å². The average Bonchev–Trinajstić information content (AvgIpc) is 2.74. The maximum atomic E-state index is 8.86. The van der Waals surface area contributed by atoms with Gasteiger partial charge in [-0.15, -0.1) is 0 Å². The minimum absolute atomic E-state index is 0.251. The largest absolute Gasteiger partial charge is 0.376 e. The number of nitrogens with one attached hydrogen (secondary N) is 1. The summed E-state index contributed by atoms with van der Waals surface area (Å²) in [5.74, 6) is 0.662. The van der Waals surface area contributed by atoms with Crippen LogP contribution in [0.5, 0.6) is 0 Å². The Morgan fingerprint density at radius 3 is 2.75 bits per heavy atom. The summed E-state index contributed by atoms with van der Waals surface area (Å²) in [5, 5.41) is 12.4. The number of pyridine rings is 1. The van der Waals surface area contributed by atoms with Crippen LogP contribution in [0.4, 0.5) is 5.82 Å². The second-order valence-corrected chi connectivity index (χ2v) is 5.46. The molecule has 2 rings (SSSR count). The Morgan fingerprint density at radius 1 is 1.30 bits per heavy atom. The van der Waals surface area contributed by atoms with E-state index in [9.17, 15) is 0 Å². The van der Waals surface area contributed by atoms with Gasteiger partial charge in [0, 0.05) is 6.54 Å². The fraction of sp³-hybridized carbons (Fsp3) is 0.600. The van der Waals surface area contributed by atoms with Crippen molar-refractivity contribution in [2.45, 2.75) is 44.6 Å². The molecule has 1 saturated carbocycles. The number of nitrogens with zero attached hydrogens (tertiary/aromatic N) is 2. The van der Waals surface area contributed by atoms with Crippen LogP contribution in [-0.4, -0.2) is 24.2 Å². The molecule has 1 N–H and O–H groups in total. The van der Waals surface area contributed by atoms with Crippen molar-refractivity contribution in [1.82, 2.24) is 4.98 Å². The van der Waals surface area contributed by atoms with E-state index in [1.54, 1.807) is 12.1 Å². The van der Waals surface area contributed by atoms with Crippen LogP contribution in [0.25, 0.3) is 0 Å². The van der Waals surface area contributed by atoms with Crippen molar-refractivity contribution >= 4 is 17.4 Å². The minimum atomic E-state index is 0.251. The third-order valence-corrected chi connectivity index (χ3v) is 3.82. The molecule has 1 aromatic heterocycles. The lowest BCUT2D eigenvalue weighted by Gasteiger charge is -2.15. The number of anilines is 1. The zero-order valence-electron chi connectivity index (χ0n) is 11.6. The van der Waals surface area contributed by atoms with Crippen molar-refractivity contribution in [3.05, 3.63) is 22.8 Å². The Balaban J connectivity index is 1.71. The maximum Gasteiger partial charge on any atom is 0.161 e. The Hall–Kier alpha value is -1.31. The van der Waals surface area contributed by atoms with Gasteiger partial charge in [-0.25, -0.2) is 4.98 Å². The van der Waals surface area contributed by atoms with E-state index in [2.05, 4.69) is 10.3 Å². The van der Waals surface area contributed by atoms with Crippen molar-refractivity contribution < 1.29 is 4.74 Å². The Morgan fingerprint density at radius 2 is 2.05 bits per heavy atom. The SMILES string of the molecule is N#Cc1nc(NCCOC2CCCCCC2)ccc1Cl. The summed E-state index contributed by atoms with van der Waals surface area (Å²) >= 11 is 5.84. The molecule has 0 spiro atoms. The Labute approximate surface area is 125 Å². The summed E-state index contributed by atoms with van der Waals surface area (Å²) in [6, 6.07) is 5.43. The number of halogens is 1. The van der Waals surface area contributed by atoms with Crippen molar-refractivity contribution in [3.63, 3.8) is 0 Å². The summed E-state index contributed by atoms with van der Waals surface area (Å²) < 4.78 is 5.88. The zero-order valence-corrected chi connectivity index (χ0v) is 12.3. The van der Waals surface area contributed by atoms with Crippen molar-refractivity contribution in [2.24, 2.45) is 0 Å². The molecule has 20 heavy (non-hydrogen) atoms. The van der Waals surface area contributed by atoms with Gasteiger partial charge in [0.2, 0.25) is 0 Å². The van der Waals surface area contributed by atoms with Crippen LogP contribution in [0.3, 0.4) is 0 Å². The quantitative estimate of drug-likeness (QED) is 0.663. The molecule has 1 aromatic rings. The summed E-state index contributed by atoms with van der Waals surface area (Å²) in [7, 11) is 0. The standard InChI is InChI=1S/C15H20ClN3O/c16-13-7-8-15(19-14(13)11-17)18-9-10-20-12-5-3-1-2-4-6-12/h7-8,12H,1-6,9-10H2,(H,18,19). The molecule has 0 unspecified atom stereocenters. The monoisotopic (exact) mass is 293 g/mol. The fourth-order valence-corrected chi connectivity index (χ4v) is 2.58. The lowest BCUT2D eigenvalue weighted by molar-refractivity contribution is 0.0501. The highest BCUT2D eigenvalue weighted by atomic mass is 35.5. The van der Waals surface area contributed by atoms with Crippen LogP contribution in [0.1, 0.15) is 44.2 Å². The van der Waals surface area contributed by atoms with E-state index in [0.717, 1.165) is 0 Å². The third-order valence-electron chi connectivity index (χ3n) is 3.52. The van der Waals surface area contributed by atoms with E-state index in [1.165, 1.54) is 38.5 Å². The molecule has 0 aliphatic heterocycles. The molecule has 4 nitrogen and oxygen atoms in total. The smallest absolute Gasteiger partial charge is 0.161 e. The Bertz CT molecular complexity index is 465. The lowest BCUT2D eigenvalue weighted by Crippen LogP contribution is -2.18. The van der Waals surface area contributed by atoms with Crippen molar-refractivity contribution in [2.75, 3.05) is 18.5 Å². The molecule has 5 heteroatoms. The number of aromatic nitrogens is 1. The van der Waals surface area contributed by atoms with Crippen molar-refractivity contribution in [3.8, 4) is 6.07 Å². The number of hydrogen-bond acceptors (Lipinski definition) is 4. The van der Waals surface area contributed by atoms with E-state index < -0.39 is 0 Å². The number of hydrogen-bond donors (Lipinski definition) is 1. The van der Waals surface area contributed by atoms with Gasteiger partial charge in [0.1, 0.15) is 11.9 Å². The molecule has 1 heterocycles. The fourth-order valence-electron chi connectivity index (χ4n) is 2.43. The van der Waals surface area contributed by atoms with Crippen LogP contribution < -0.4 is 5.32 Å². The highest BCUT2D eigenvalue weighted by Gasteiger charge is 2.12. The normalized spacial score (nSPS) is 16.4. The first-order valence-electron chi connectivity index (χ1n) is 7.21. The summed E-state index contributed by atoms with van der Waals surface area (Å²) in [5.41, 5.74) is 0.251. The zero-order chi connectivity index (χ0) is 14.2. The molecule has 0 atom stereocenters. The van der Waals surface area contributed by atoms with Gasteiger partial charge in [-0.1, -0.05) is 37.3 Å². The molecule has 1 fully saturated rings. The number of ether oxygens (including phenoxy) is 1. The second-order valence-electron chi connectivity index (χ2n) is 5.05. The van der Waals surface area contributed by atoms with E-state index in [1.807, 2.05) is 6.07 Å². The van der Waals surface area contributed by atoms with Crippen LogP contribution in [0, 0.1) is 11.3 Å². The molecule has 1 aliphatic carbocycles. The average molecular weight is 294 g/mol. The topological polar surface area (TPSA) is 57.9 Å². The van der Waals surface area contributed by atoms with Gasteiger partial charge in [-0.3, -0.25) is 0 Å². The summed E-state index contributed by atoms with van der Waals surface area (Å²) in [4.78, 5) is 4.13. The van der Waals surface area contributed by atoms with Gasteiger partial charge < -0.3 is 10.1 Å². The molecule has 1 aliphatic rings. The Kier molecular flexibility index (Phi) is 6.10. The molecule has 0 saturated heterocycles. The minimum Gasteiger partial charge on any atom is -0.376 e. The van der Waals surface area contributed by atoms with Gasteiger partial charge in [-0.05, 0) is 25.0 Å². The molecule has 0 bridgehead atoms. The predicted octanol–water partition coefficient (Wildman–Crippen LogP) is 3.76. The van der Waals surface area contributed by atoms with E-state index in [-0.39, 0.29) is 5.69 Å². The maximum absolute atomic E-state index is 8.86. The van der Waals surface area contributed by atoms with Gasteiger partial charge >= 0.3 is 0 Å². The molecular weight excluding hydrogens is 274 g/mol. The highest BCUT2D eigenvalue weighted by molar-refractivity contribution is 6.31. The van der Waals surface area contributed by atoms with Gasteiger partial charge in [0.25, 0.3) is 0 Å². The second kappa shape index (κ2) is 8.08. The lowest BCUT2D eigenvalue weighted by atomic mass is 10.1. The molecule has 0 amide bonds. The third kappa shape index (κ3) is 4.66. The molecular formula is C15H20ClN3O. The van der Waals surface area contributed by atoms with Crippen LogP contribution in [0.15, 0.2) is 12.1 Å². The van der Waals surface area contributed by atoms with Gasteiger partial charge in [0.05, 0.1) is 17.7 Å². The van der Waals surface area contributed by atoms with E-state index in [0.29, 0.717) is 30.1 Å². The van der Waals surface area contributed by atoms with Crippen LogP contribution in [-0.2, 0) is 4.74 Å². The first-order chi connectivity index (χ1) is 9.79. The number of rotatable bonds is 5. The molecule has 108 valence electrons. The predicted molar refractivity (Wildman–Crippen MR) is 79.9 cm³/mol. The first kappa shape index (κ1) is 15.1. The molecule has 0 aromatic carbocycles. The molecule has 0 radical (unpaired) electrons.